The fourth-order valence-corrected chi connectivity index (χ4v) is 4.75. The van der Waals surface area contributed by atoms with Gasteiger partial charge in [0.15, 0.2) is 0 Å². The molecule has 1 heterocycles. The summed E-state index contributed by atoms with van der Waals surface area (Å²) in [5.41, 5.74) is 4.09. The van der Waals surface area contributed by atoms with Crippen molar-refractivity contribution in [3.63, 3.8) is 0 Å². The van der Waals surface area contributed by atoms with Crippen LogP contribution in [0, 0.1) is 18.8 Å². The molecule has 1 unspecified atom stereocenters. The van der Waals surface area contributed by atoms with Crippen molar-refractivity contribution < 1.29 is 10.2 Å². The summed E-state index contributed by atoms with van der Waals surface area (Å²) in [6.45, 7) is 17.0. The van der Waals surface area contributed by atoms with E-state index in [1.807, 2.05) is 19.9 Å². The molecule has 0 bridgehead atoms. The van der Waals surface area contributed by atoms with Crippen LogP contribution in [0.2, 0.25) is 0 Å². The number of rotatable bonds is 4. The van der Waals surface area contributed by atoms with Crippen LogP contribution < -0.4 is 0 Å². The van der Waals surface area contributed by atoms with Gasteiger partial charge in [0.05, 0.1) is 0 Å². The van der Waals surface area contributed by atoms with Crippen molar-refractivity contribution in [1.29, 1.82) is 0 Å². The lowest BCUT2D eigenvalue weighted by molar-refractivity contribution is 0.150. The van der Waals surface area contributed by atoms with Crippen LogP contribution >= 0.6 is 0 Å². The van der Waals surface area contributed by atoms with E-state index < -0.39 is 0 Å². The lowest BCUT2D eigenvalue weighted by Crippen LogP contribution is -2.35. The summed E-state index contributed by atoms with van der Waals surface area (Å²) in [7, 11) is 0. The molecular formula is C26H41NO2. The zero-order valence-corrected chi connectivity index (χ0v) is 19.2. The van der Waals surface area contributed by atoms with Crippen molar-refractivity contribution in [2.45, 2.75) is 79.2 Å². The van der Waals surface area contributed by atoms with Gasteiger partial charge < -0.3 is 10.2 Å². The molecule has 1 aliphatic heterocycles. The number of aryl methyl sites for hydroxylation is 1. The normalized spacial score (nSPS) is 20.8. The Morgan fingerprint density at radius 3 is 2.34 bits per heavy atom. The number of phenols is 2. The third-order valence-electron chi connectivity index (χ3n) is 6.55. The first-order valence-electron chi connectivity index (χ1n) is 11.3. The van der Waals surface area contributed by atoms with Crippen molar-refractivity contribution in [2.75, 3.05) is 13.1 Å². The van der Waals surface area contributed by atoms with Crippen molar-refractivity contribution in [3.05, 3.63) is 47.1 Å². The molecule has 0 saturated carbocycles. The Balaban J connectivity index is 0.000000941. The van der Waals surface area contributed by atoms with Crippen molar-refractivity contribution in [1.82, 2.24) is 4.90 Å². The zero-order valence-electron chi connectivity index (χ0n) is 19.2. The Hall–Kier alpha value is -1.74. The third kappa shape index (κ3) is 6.12. The van der Waals surface area contributed by atoms with E-state index in [1.165, 1.54) is 18.4 Å². The molecule has 0 amide bonds. The number of benzene rings is 1. The molecule has 0 radical (unpaired) electrons. The lowest BCUT2D eigenvalue weighted by Gasteiger charge is -2.34. The second kappa shape index (κ2) is 10.9. The highest BCUT2D eigenvalue weighted by molar-refractivity contribution is 5.55. The fourth-order valence-electron chi connectivity index (χ4n) is 4.75. The molecule has 1 aromatic rings. The highest BCUT2D eigenvalue weighted by Crippen LogP contribution is 2.44. The van der Waals surface area contributed by atoms with Gasteiger partial charge in [0.25, 0.3) is 0 Å². The summed E-state index contributed by atoms with van der Waals surface area (Å²) >= 11 is 0. The van der Waals surface area contributed by atoms with Crippen LogP contribution in [-0.2, 0) is 6.54 Å². The summed E-state index contributed by atoms with van der Waals surface area (Å²) in [6, 6.07) is 1.85. The smallest absolute Gasteiger partial charge is 0.127 e. The maximum Gasteiger partial charge on any atom is 0.127 e. The Kier molecular flexibility index (Phi) is 8.82. The second-order valence-electron chi connectivity index (χ2n) is 9.23. The number of aromatic hydroxyl groups is 2. The lowest BCUT2D eigenvalue weighted by atomic mass is 9.83. The van der Waals surface area contributed by atoms with E-state index in [4.69, 9.17) is 0 Å². The van der Waals surface area contributed by atoms with E-state index >= 15 is 0 Å². The Bertz CT molecular complexity index is 712. The van der Waals surface area contributed by atoms with Gasteiger partial charge in [-0.2, -0.15) is 0 Å². The average molecular weight is 400 g/mol. The monoisotopic (exact) mass is 399 g/mol. The highest BCUT2D eigenvalue weighted by atomic mass is 16.3. The van der Waals surface area contributed by atoms with Crippen LogP contribution in [0.4, 0.5) is 0 Å². The molecule has 3 nitrogen and oxygen atoms in total. The van der Waals surface area contributed by atoms with E-state index in [2.05, 4.69) is 38.3 Å². The molecule has 29 heavy (non-hydrogen) atoms. The van der Waals surface area contributed by atoms with Crippen molar-refractivity contribution in [2.24, 2.45) is 11.8 Å². The van der Waals surface area contributed by atoms with Gasteiger partial charge >= 0.3 is 0 Å². The SMILES string of the molecule is C=CC.CC1=CC(c2c(O)cc(C)c(CN3CCC(C(C)C)CC3)c2O)CCC1. The maximum atomic E-state index is 11.0. The fraction of sp³-hybridized carbons (Fsp3) is 0.615. The molecule has 3 heteroatoms. The molecule has 3 rings (SSSR count). The van der Waals surface area contributed by atoms with E-state index in [9.17, 15) is 10.2 Å². The first-order valence-corrected chi connectivity index (χ1v) is 11.3. The highest BCUT2D eigenvalue weighted by Gasteiger charge is 2.26. The van der Waals surface area contributed by atoms with E-state index in [0.29, 0.717) is 5.75 Å². The molecule has 2 aliphatic rings. The minimum atomic E-state index is 0.134. The summed E-state index contributed by atoms with van der Waals surface area (Å²) in [5, 5.41) is 21.6. The van der Waals surface area contributed by atoms with Gasteiger partial charge in [0.1, 0.15) is 11.5 Å². The van der Waals surface area contributed by atoms with Gasteiger partial charge in [0.2, 0.25) is 0 Å². The van der Waals surface area contributed by atoms with Crippen LogP contribution in [-0.4, -0.2) is 28.2 Å². The van der Waals surface area contributed by atoms with Gasteiger partial charge in [-0.1, -0.05) is 31.6 Å². The minimum Gasteiger partial charge on any atom is -0.507 e. The van der Waals surface area contributed by atoms with Gasteiger partial charge in [-0.15, -0.1) is 6.58 Å². The van der Waals surface area contributed by atoms with E-state index in [1.54, 1.807) is 6.08 Å². The van der Waals surface area contributed by atoms with Crippen LogP contribution in [0.5, 0.6) is 11.5 Å². The molecule has 162 valence electrons. The third-order valence-corrected chi connectivity index (χ3v) is 6.55. The van der Waals surface area contributed by atoms with Crippen molar-refractivity contribution in [3.8, 4) is 11.5 Å². The molecule has 0 spiro atoms. The zero-order chi connectivity index (χ0) is 21.6. The molecule has 1 atom stereocenters. The van der Waals surface area contributed by atoms with Crippen LogP contribution in [0.3, 0.4) is 0 Å². The molecule has 1 fully saturated rings. The predicted molar refractivity (Wildman–Crippen MR) is 124 cm³/mol. The summed E-state index contributed by atoms with van der Waals surface area (Å²) in [4.78, 5) is 2.46. The molecular weight excluding hydrogens is 358 g/mol. The Labute approximate surface area is 178 Å². The number of nitrogens with zero attached hydrogens (tertiary/aromatic N) is 1. The molecule has 1 saturated heterocycles. The van der Waals surface area contributed by atoms with E-state index in [0.717, 1.165) is 67.4 Å². The van der Waals surface area contributed by atoms with Crippen LogP contribution in [0.25, 0.3) is 0 Å². The predicted octanol–water partition coefficient (Wildman–Crippen LogP) is 6.68. The van der Waals surface area contributed by atoms with Gasteiger partial charge in [-0.3, -0.25) is 4.90 Å². The number of piperidine rings is 1. The average Bonchev–Trinajstić information content (AvgIpc) is 2.66. The Morgan fingerprint density at radius 2 is 1.79 bits per heavy atom. The maximum absolute atomic E-state index is 11.0. The minimum absolute atomic E-state index is 0.134. The molecule has 0 aromatic heterocycles. The first-order chi connectivity index (χ1) is 13.8. The van der Waals surface area contributed by atoms with Crippen LogP contribution in [0.15, 0.2) is 30.4 Å². The van der Waals surface area contributed by atoms with Crippen LogP contribution in [0.1, 0.15) is 82.4 Å². The standard InChI is InChI=1S/C23H35NO2.C3H6/c1-15(2)18-8-10-24(11-9-18)14-20-17(4)13-21(25)22(23(20)26)19-7-5-6-16(3)12-19;1-3-2/h12-13,15,18-19,25-26H,5-11,14H2,1-4H3;3H,1H2,2H3. The molecule has 2 N–H and O–H groups in total. The number of likely N-dealkylation sites (tertiary alicyclic amines) is 1. The van der Waals surface area contributed by atoms with Crippen molar-refractivity contribution >= 4 is 0 Å². The number of hydrogen-bond acceptors (Lipinski definition) is 3. The van der Waals surface area contributed by atoms with E-state index in [-0.39, 0.29) is 11.7 Å². The van der Waals surface area contributed by atoms with Gasteiger partial charge in [-0.25, -0.2) is 0 Å². The number of phenolic OH excluding ortho intramolecular Hbond substituents is 2. The van der Waals surface area contributed by atoms with Gasteiger partial charge in [-0.05, 0) is 89.4 Å². The second-order valence-corrected chi connectivity index (χ2v) is 9.23. The quantitative estimate of drug-likeness (QED) is 0.555. The number of allylic oxidation sites excluding steroid dienone is 3. The van der Waals surface area contributed by atoms with Gasteiger partial charge in [0, 0.05) is 23.6 Å². The number of hydrogen-bond donors (Lipinski definition) is 2. The summed E-state index contributed by atoms with van der Waals surface area (Å²) in [5.74, 6) is 2.29. The molecule has 1 aromatic carbocycles. The largest absolute Gasteiger partial charge is 0.507 e. The Morgan fingerprint density at radius 1 is 1.17 bits per heavy atom. The summed E-state index contributed by atoms with van der Waals surface area (Å²) < 4.78 is 0. The molecule has 1 aliphatic carbocycles. The first kappa shape index (κ1) is 23.5. The summed E-state index contributed by atoms with van der Waals surface area (Å²) in [6.07, 6.45) is 9.71. The topological polar surface area (TPSA) is 43.7 Å².